The molecule has 0 aliphatic carbocycles. The third-order valence-electron chi connectivity index (χ3n) is 3.48. The van der Waals surface area contributed by atoms with Crippen molar-refractivity contribution < 1.29 is 14.0 Å². The first-order chi connectivity index (χ1) is 11.4. The summed E-state index contributed by atoms with van der Waals surface area (Å²) in [6.07, 6.45) is 0. The van der Waals surface area contributed by atoms with Crippen LogP contribution in [-0.4, -0.2) is 24.9 Å². The minimum Gasteiger partial charge on any atom is -0.350 e. The molecule has 0 bridgehead atoms. The van der Waals surface area contributed by atoms with Crippen molar-refractivity contribution in [1.29, 1.82) is 0 Å². The van der Waals surface area contributed by atoms with Crippen molar-refractivity contribution in [2.45, 2.75) is 13.8 Å². The van der Waals surface area contributed by atoms with Gasteiger partial charge in [0.25, 0.3) is 5.91 Å². The Bertz CT molecular complexity index is 764. The van der Waals surface area contributed by atoms with Gasteiger partial charge in [0.05, 0.1) is 5.69 Å². The summed E-state index contributed by atoms with van der Waals surface area (Å²) >= 11 is 3.46. The number of hydrogen-bond acceptors (Lipinski definition) is 2. The van der Waals surface area contributed by atoms with Crippen molar-refractivity contribution in [3.05, 3.63) is 63.9 Å². The SMILES string of the molecule is CC(=O)N(CCNC(=O)c1cccc(F)c1)c1ccc(C)cc1Br. The van der Waals surface area contributed by atoms with E-state index in [1.807, 2.05) is 25.1 Å². The highest BCUT2D eigenvalue weighted by Gasteiger charge is 2.15. The summed E-state index contributed by atoms with van der Waals surface area (Å²) in [4.78, 5) is 25.5. The second-order valence-electron chi connectivity index (χ2n) is 5.39. The van der Waals surface area contributed by atoms with Gasteiger partial charge in [-0.05, 0) is 58.7 Å². The van der Waals surface area contributed by atoms with Crippen LogP contribution < -0.4 is 10.2 Å². The van der Waals surface area contributed by atoms with E-state index in [0.29, 0.717) is 6.54 Å². The lowest BCUT2D eigenvalue weighted by atomic mass is 10.2. The maximum absolute atomic E-state index is 13.1. The predicted molar refractivity (Wildman–Crippen MR) is 95.6 cm³/mol. The summed E-state index contributed by atoms with van der Waals surface area (Å²) < 4.78 is 14.0. The number of anilines is 1. The number of nitrogens with zero attached hydrogens (tertiary/aromatic N) is 1. The molecule has 0 heterocycles. The topological polar surface area (TPSA) is 49.4 Å². The van der Waals surface area contributed by atoms with Crippen molar-refractivity contribution in [1.82, 2.24) is 5.32 Å². The van der Waals surface area contributed by atoms with E-state index in [-0.39, 0.29) is 23.9 Å². The molecule has 0 aliphatic heterocycles. The van der Waals surface area contributed by atoms with Gasteiger partial charge in [-0.2, -0.15) is 0 Å². The monoisotopic (exact) mass is 392 g/mol. The number of nitrogens with one attached hydrogen (secondary N) is 1. The van der Waals surface area contributed by atoms with Gasteiger partial charge in [0, 0.05) is 30.0 Å². The standard InChI is InChI=1S/C18H18BrFN2O2/c1-12-6-7-17(16(19)10-12)22(13(2)23)9-8-21-18(24)14-4-3-5-15(20)11-14/h3-7,10-11H,8-9H2,1-2H3,(H,21,24). The average Bonchev–Trinajstić information content (AvgIpc) is 2.52. The second kappa shape index (κ2) is 8.06. The van der Waals surface area contributed by atoms with Crippen LogP contribution in [0, 0.1) is 12.7 Å². The number of carbonyl (C=O) groups is 2. The number of aryl methyl sites for hydroxylation is 1. The molecule has 0 radical (unpaired) electrons. The normalized spacial score (nSPS) is 10.3. The molecule has 2 amide bonds. The Morgan fingerprint density at radius 3 is 2.58 bits per heavy atom. The largest absolute Gasteiger partial charge is 0.350 e. The summed E-state index contributed by atoms with van der Waals surface area (Å²) in [5, 5.41) is 2.70. The predicted octanol–water partition coefficient (Wildman–Crippen LogP) is 3.68. The van der Waals surface area contributed by atoms with Crippen molar-refractivity contribution in [2.75, 3.05) is 18.0 Å². The van der Waals surface area contributed by atoms with Crippen LogP contribution in [-0.2, 0) is 4.79 Å². The van der Waals surface area contributed by atoms with E-state index in [9.17, 15) is 14.0 Å². The lowest BCUT2D eigenvalue weighted by Crippen LogP contribution is -2.37. The number of hydrogen-bond donors (Lipinski definition) is 1. The van der Waals surface area contributed by atoms with Crippen LogP contribution >= 0.6 is 15.9 Å². The summed E-state index contributed by atoms with van der Waals surface area (Å²) in [5.74, 6) is -0.961. The molecule has 4 nitrogen and oxygen atoms in total. The van der Waals surface area contributed by atoms with Crippen LogP contribution in [0.5, 0.6) is 0 Å². The first-order valence-electron chi connectivity index (χ1n) is 7.46. The minimum absolute atomic E-state index is 0.125. The van der Waals surface area contributed by atoms with Crippen LogP contribution in [0.25, 0.3) is 0 Å². The molecule has 0 aromatic heterocycles. The molecule has 0 aliphatic rings. The summed E-state index contributed by atoms with van der Waals surface area (Å²) in [7, 11) is 0. The molecule has 0 unspecified atom stereocenters. The molecule has 0 atom stereocenters. The third kappa shape index (κ3) is 4.64. The van der Waals surface area contributed by atoms with E-state index in [4.69, 9.17) is 0 Å². The first-order valence-corrected chi connectivity index (χ1v) is 8.26. The third-order valence-corrected chi connectivity index (χ3v) is 4.12. The zero-order valence-corrected chi connectivity index (χ0v) is 15.1. The highest BCUT2D eigenvalue weighted by Crippen LogP contribution is 2.27. The Kier molecular flexibility index (Phi) is 6.09. The molecule has 2 aromatic rings. The van der Waals surface area contributed by atoms with Crippen molar-refractivity contribution in [3.8, 4) is 0 Å². The van der Waals surface area contributed by atoms with Crippen LogP contribution in [0.2, 0.25) is 0 Å². The molecule has 0 saturated heterocycles. The quantitative estimate of drug-likeness (QED) is 0.843. The molecule has 126 valence electrons. The van der Waals surface area contributed by atoms with E-state index >= 15 is 0 Å². The number of amides is 2. The molecular formula is C18H18BrFN2O2. The van der Waals surface area contributed by atoms with E-state index in [1.165, 1.54) is 31.2 Å². The molecule has 2 aromatic carbocycles. The summed E-state index contributed by atoms with van der Waals surface area (Å²) in [6, 6.07) is 11.2. The van der Waals surface area contributed by atoms with Crippen molar-refractivity contribution >= 4 is 33.4 Å². The highest BCUT2D eigenvalue weighted by molar-refractivity contribution is 9.10. The fourth-order valence-corrected chi connectivity index (χ4v) is 3.00. The Morgan fingerprint density at radius 1 is 1.21 bits per heavy atom. The smallest absolute Gasteiger partial charge is 0.251 e. The van der Waals surface area contributed by atoms with Crippen LogP contribution in [0.4, 0.5) is 10.1 Å². The zero-order valence-electron chi connectivity index (χ0n) is 13.5. The van der Waals surface area contributed by atoms with E-state index in [0.717, 1.165) is 15.7 Å². The lowest BCUT2D eigenvalue weighted by molar-refractivity contribution is -0.116. The minimum atomic E-state index is -0.461. The Balaban J connectivity index is 2.02. The van der Waals surface area contributed by atoms with Gasteiger partial charge in [-0.15, -0.1) is 0 Å². The molecule has 24 heavy (non-hydrogen) atoms. The Morgan fingerprint density at radius 2 is 1.96 bits per heavy atom. The zero-order chi connectivity index (χ0) is 17.7. The van der Waals surface area contributed by atoms with Gasteiger partial charge in [-0.3, -0.25) is 9.59 Å². The van der Waals surface area contributed by atoms with E-state index in [2.05, 4.69) is 21.2 Å². The lowest BCUT2D eigenvalue weighted by Gasteiger charge is -2.23. The average molecular weight is 393 g/mol. The van der Waals surface area contributed by atoms with Crippen molar-refractivity contribution in [3.63, 3.8) is 0 Å². The number of benzene rings is 2. The molecule has 0 saturated carbocycles. The Hall–Kier alpha value is -2.21. The maximum Gasteiger partial charge on any atom is 0.251 e. The number of halogens is 2. The number of rotatable bonds is 5. The van der Waals surface area contributed by atoms with Gasteiger partial charge >= 0.3 is 0 Å². The second-order valence-corrected chi connectivity index (χ2v) is 6.25. The van der Waals surface area contributed by atoms with Gasteiger partial charge in [0.2, 0.25) is 5.91 Å². The summed E-state index contributed by atoms with van der Waals surface area (Å²) in [5.41, 5.74) is 2.07. The maximum atomic E-state index is 13.1. The van der Waals surface area contributed by atoms with Crippen LogP contribution in [0.1, 0.15) is 22.8 Å². The fraction of sp³-hybridized carbons (Fsp3) is 0.222. The molecule has 0 spiro atoms. The number of carbonyl (C=O) groups excluding carboxylic acids is 2. The van der Waals surface area contributed by atoms with Crippen LogP contribution in [0.15, 0.2) is 46.9 Å². The Labute approximate surface area is 148 Å². The molecule has 2 rings (SSSR count). The van der Waals surface area contributed by atoms with Gasteiger partial charge in [-0.25, -0.2) is 4.39 Å². The fourth-order valence-electron chi connectivity index (χ4n) is 2.29. The molecule has 0 fully saturated rings. The summed E-state index contributed by atoms with van der Waals surface area (Å²) in [6.45, 7) is 4.01. The van der Waals surface area contributed by atoms with Gasteiger partial charge < -0.3 is 10.2 Å². The van der Waals surface area contributed by atoms with Crippen molar-refractivity contribution in [2.24, 2.45) is 0 Å². The molecular weight excluding hydrogens is 375 g/mol. The van der Waals surface area contributed by atoms with E-state index < -0.39 is 5.82 Å². The molecule has 1 N–H and O–H groups in total. The van der Waals surface area contributed by atoms with Crippen LogP contribution in [0.3, 0.4) is 0 Å². The van der Waals surface area contributed by atoms with Gasteiger partial charge in [0.15, 0.2) is 0 Å². The van der Waals surface area contributed by atoms with E-state index in [1.54, 1.807) is 4.90 Å². The first kappa shape index (κ1) is 18.1. The molecule has 6 heteroatoms. The van der Waals surface area contributed by atoms with Gasteiger partial charge in [0.1, 0.15) is 5.82 Å². The van der Waals surface area contributed by atoms with Gasteiger partial charge in [-0.1, -0.05) is 12.1 Å². The highest BCUT2D eigenvalue weighted by atomic mass is 79.9.